The third-order valence-corrected chi connectivity index (χ3v) is 1.78. The van der Waals surface area contributed by atoms with E-state index in [1.807, 2.05) is 6.92 Å². The summed E-state index contributed by atoms with van der Waals surface area (Å²) in [6, 6.07) is 0. The van der Waals surface area contributed by atoms with Gasteiger partial charge >= 0.3 is 5.97 Å². The first-order valence-corrected chi connectivity index (χ1v) is 4.07. The van der Waals surface area contributed by atoms with Gasteiger partial charge in [0.25, 0.3) is 0 Å². The fourth-order valence-electron chi connectivity index (χ4n) is 0.696. The van der Waals surface area contributed by atoms with Gasteiger partial charge in [0.05, 0.1) is 12.0 Å². The molecule has 4 heteroatoms. The molecule has 0 aliphatic heterocycles. The molecule has 0 heterocycles. The molecular weight excluding hydrogens is 168 g/mol. The Morgan fingerprint density at radius 2 is 2.27 bits per heavy atom. The van der Waals surface area contributed by atoms with Gasteiger partial charge in [-0.3, -0.25) is 4.79 Å². The molecule has 0 aromatic heterocycles. The van der Waals surface area contributed by atoms with Crippen LogP contribution in [0, 0.1) is 5.92 Å². The van der Waals surface area contributed by atoms with Gasteiger partial charge in [-0.25, -0.2) is 0 Å². The van der Waals surface area contributed by atoms with E-state index < -0.39 is 11.9 Å². The average Bonchev–Trinajstić information content (AvgIpc) is 1.98. The maximum atomic E-state index is 10.4. The first-order valence-electron chi connectivity index (χ1n) is 3.53. The van der Waals surface area contributed by atoms with E-state index in [0.29, 0.717) is 6.61 Å². The van der Waals surface area contributed by atoms with Gasteiger partial charge in [-0.05, 0) is 13.8 Å². The number of halogens is 1. The SMILES string of the molecule is CCOC(CCl)C(C)C(=O)O. The molecule has 2 unspecified atom stereocenters. The lowest BCUT2D eigenvalue weighted by molar-refractivity contribution is -0.145. The zero-order chi connectivity index (χ0) is 8.85. The third kappa shape index (κ3) is 3.58. The lowest BCUT2D eigenvalue weighted by atomic mass is 10.1. The van der Waals surface area contributed by atoms with E-state index in [0.717, 1.165) is 0 Å². The van der Waals surface area contributed by atoms with Gasteiger partial charge in [0, 0.05) is 12.5 Å². The summed E-state index contributed by atoms with van der Waals surface area (Å²) in [6.45, 7) is 3.90. The normalized spacial score (nSPS) is 15.9. The molecule has 0 bridgehead atoms. The number of carbonyl (C=O) groups is 1. The van der Waals surface area contributed by atoms with Crippen LogP contribution in [0.15, 0.2) is 0 Å². The summed E-state index contributed by atoms with van der Waals surface area (Å²) in [5.41, 5.74) is 0. The number of alkyl halides is 1. The summed E-state index contributed by atoms with van der Waals surface area (Å²) < 4.78 is 5.10. The van der Waals surface area contributed by atoms with Crippen LogP contribution in [0.1, 0.15) is 13.8 Å². The lowest BCUT2D eigenvalue weighted by Gasteiger charge is -2.17. The van der Waals surface area contributed by atoms with Crippen LogP contribution in [0.25, 0.3) is 0 Å². The van der Waals surface area contributed by atoms with E-state index in [1.54, 1.807) is 6.92 Å². The molecular formula is C7H13ClO3. The Bertz CT molecular complexity index is 127. The molecule has 0 rings (SSSR count). The van der Waals surface area contributed by atoms with E-state index >= 15 is 0 Å². The highest BCUT2D eigenvalue weighted by molar-refractivity contribution is 6.18. The Balaban J connectivity index is 3.91. The molecule has 0 spiro atoms. The third-order valence-electron chi connectivity index (χ3n) is 1.48. The second-order valence-electron chi connectivity index (χ2n) is 2.28. The molecule has 1 N–H and O–H groups in total. The molecule has 0 saturated carbocycles. The van der Waals surface area contributed by atoms with Gasteiger partial charge in [-0.1, -0.05) is 0 Å². The van der Waals surface area contributed by atoms with Crippen LogP contribution in [0.5, 0.6) is 0 Å². The van der Waals surface area contributed by atoms with E-state index in [2.05, 4.69) is 0 Å². The summed E-state index contributed by atoms with van der Waals surface area (Å²) >= 11 is 5.50. The molecule has 66 valence electrons. The largest absolute Gasteiger partial charge is 0.481 e. The Morgan fingerprint density at radius 1 is 1.73 bits per heavy atom. The monoisotopic (exact) mass is 180 g/mol. The predicted octanol–water partition coefficient (Wildman–Crippen LogP) is 1.35. The molecule has 0 aromatic rings. The first-order chi connectivity index (χ1) is 5.13. The molecule has 11 heavy (non-hydrogen) atoms. The molecule has 0 saturated heterocycles. The summed E-state index contributed by atoms with van der Waals surface area (Å²) in [6.07, 6.45) is -0.376. The van der Waals surface area contributed by atoms with Crippen LogP contribution < -0.4 is 0 Å². The summed E-state index contributed by atoms with van der Waals surface area (Å²) in [5, 5.41) is 8.57. The van der Waals surface area contributed by atoms with E-state index in [9.17, 15) is 4.79 Å². The van der Waals surface area contributed by atoms with Crippen molar-refractivity contribution in [1.82, 2.24) is 0 Å². The maximum absolute atomic E-state index is 10.4. The fraction of sp³-hybridized carbons (Fsp3) is 0.857. The molecule has 0 fully saturated rings. The Labute approximate surface area is 71.3 Å². The number of aliphatic carboxylic acids is 1. The minimum absolute atomic E-state index is 0.224. The Morgan fingerprint density at radius 3 is 2.55 bits per heavy atom. The van der Waals surface area contributed by atoms with Gasteiger partial charge < -0.3 is 9.84 Å². The van der Waals surface area contributed by atoms with Gasteiger partial charge in [-0.15, -0.1) is 11.6 Å². The average molecular weight is 181 g/mol. The van der Waals surface area contributed by atoms with Crippen molar-refractivity contribution < 1.29 is 14.6 Å². The highest BCUT2D eigenvalue weighted by Gasteiger charge is 2.22. The second-order valence-corrected chi connectivity index (χ2v) is 2.58. The zero-order valence-corrected chi connectivity index (χ0v) is 7.47. The topological polar surface area (TPSA) is 46.5 Å². The number of hydrogen-bond acceptors (Lipinski definition) is 2. The van der Waals surface area contributed by atoms with Gasteiger partial charge in [0.1, 0.15) is 0 Å². The van der Waals surface area contributed by atoms with E-state index in [-0.39, 0.29) is 12.0 Å². The van der Waals surface area contributed by atoms with Crippen molar-refractivity contribution in [2.45, 2.75) is 20.0 Å². The standard InChI is InChI=1S/C7H13ClO3/c1-3-11-6(4-8)5(2)7(9)10/h5-6H,3-4H2,1-2H3,(H,9,10). The second kappa shape index (κ2) is 5.38. The number of ether oxygens (including phenoxy) is 1. The van der Waals surface area contributed by atoms with Crippen LogP contribution in [0.2, 0.25) is 0 Å². The highest BCUT2D eigenvalue weighted by Crippen LogP contribution is 2.09. The molecule has 2 atom stereocenters. The van der Waals surface area contributed by atoms with Crippen LogP contribution >= 0.6 is 11.6 Å². The van der Waals surface area contributed by atoms with Crippen molar-refractivity contribution in [3.8, 4) is 0 Å². The van der Waals surface area contributed by atoms with Crippen LogP contribution in [0.4, 0.5) is 0 Å². The fourth-order valence-corrected chi connectivity index (χ4v) is 1.05. The molecule has 0 aliphatic carbocycles. The lowest BCUT2D eigenvalue weighted by Crippen LogP contribution is -2.29. The van der Waals surface area contributed by atoms with Gasteiger partial charge in [-0.2, -0.15) is 0 Å². The summed E-state index contributed by atoms with van der Waals surface area (Å²) in [5.74, 6) is -1.18. The summed E-state index contributed by atoms with van der Waals surface area (Å²) in [7, 11) is 0. The van der Waals surface area contributed by atoms with Gasteiger partial charge in [0.15, 0.2) is 0 Å². The Kier molecular flexibility index (Phi) is 5.24. The van der Waals surface area contributed by atoms with Crippen molar-refractivity contribution in [3.63, 3.8) is 0 Å². The van der Waals surface area contributed by atoms with Crippen LogP contribution in [-0.4, -0.2) is 29.7 Å². The van der Waals surface area contributed by atoms with E-state index in [4.69, 9.17) is 21.4 Å². The number of rotatable bonds is 5. The smallest absolute Gasteiger partial charge is 0.308 e. The summed E-state index contributed by atoms with van der Waals surface area (Å²) in [4.78, 5) is 10.4. The minimum Gasteiger partial charge on any atom is -0.481 e. The zero-order valence-electron chi connectivity index (χ0n) is 6.71. The number of hydrogen-bond donors (Lipinski definition) is 1. The molecule has 0 amide bonds. The predicted molar refractivity (Wildman–Crippen MR) is 42.9 cm³/mol. The number of carboxylic acids is 1. The van der Waals surface area contributed by atoms with Crippen molar-refractivity contribution in [2.24, 2.45) is 5.92 Å². The Hall–Kier alpha value is -0.280. The van der Waals surface area contributed by atoms with Crippen LogP contribution in [0.3, 0.4) is 0 Å². The molecule has 3 nitrogen and oxygen atoms in total. The highest BCUT2D eigenvalue weighted by atomic mass is 35.5. The van der Waals surface area contributed by atoms with Crippen molar-refractivity contribution in [2.75, 3.05) is 12.5 Å². The first kappa shape index (κ1) is 10.7. The van der Waals surface area contributed by atoms with Gasteiger partial charge in [0.2, 0.25) is 0 Å². The van der Waals surface area contributed by atoms with E-state index in [1.165, 1.54) is 0 Å². The molecule has 0 radical (unpaired) electrons. The van der Waals surface area contributed by atoms with Crippen LogP contribution in [-0.2, 0) is 9.53 Å². The van der Waals surface area contributed by atoms with Crippen molar-refractivity contribution in [1.29, 1.82) is 0 Å². The minimum atomic E-state index is -0.871. The quantitative estimate of drug-likeness (QED) is 0.650. The molecule has 0 aromatic carbocycles. The maximum Gasteiger partial charge on any atom is 0.308 e. The van der Waals surface area contributed by atoms with Crippen molar-refractivity contribution in [3.05, 3.63) is 0 Å². The number of carboxylic acid groups (broad SMARTS) is 1. The van der Waals surface area contributed by atoms with Crippen molar-refractivity contribution >= 4 is 17.6 Å². The molecule has 0 aliphatic rings.